The van der Waals surface area contributed by atoms with Crippen molar-refractivity contribution in [3.63, 3.8) is 0 Å². The fraction of sp³-hybridized carbons (Fsp3) is 0.250. The third-order valence-electron chi connectivity index (χ3n) is 4.68. The van der Waals surface area contributed by atoms with E-state index in [0.717, 1.165) is 16.7 Å². The van der Waals surface area contributed by atoms with Crippen LogP contribution in [0.25, 0.3) is 28.5 Å². The number of amides is 1. The first-order chi connectivity index (χ1) is 14.5. The molecule has 4 rings (SSSR count). The van der Waals surface area contributed by atoms with Crippen LogP contribution in [0, 0.1) is 0 Å². The van der Waals surface area contributed by atoms with Gasteiger partial charge in [-0.15, -0.1) is 5.10 Å². The molecule has 3 heterocycles. The highest BCUT2D eigenvalue weighted by Crippen LogP contribution is 2.25. The van der Waals surface area contributed by atoms with Crippen molar-refractivity contribution < 1.29 is 9.32 Å². The van der Waals surface area contributed by atoms with Crippen molar-refractivity contribution >= 4 is 23.2 Å². The molecule has 0 radical (unpaired) electrons. The van der Waals surface area contributed by atoms with Gasteiger partial charge in [-0.1, -0.05) is 23.7 Å². The number of rotatable bonds is 6. The Labute approximate surface area is 176 Å². The monoisotopic (exact) mass is 426 g/mol. The summed E-state index contributed by atoms with van der Waals surface area (Å²) in [5.74, 6) is 0.323. The number of aromatic nitrogens is 5. The minimum atomic E-state index is -0.427. The number of pyridine rings is 1. The summed E-state index contributed by atoms with van der Waals surface area (Å²) in [5, 5.41) is 11.7. The van der Waals surface area contributed by atoms with E-state index >= 15 is 0 Å². The molecular weight excluding hydrogens is 408 g/mol. The zero-order chi connectivity index (χ0) is 21.3. The van der Waals surface area contributed by atoms with Crippen LogP contribution in [-0.2, 0) is 11.3 Å². The second kappa shape index (κ2) is 8.11. The molecule has 10 heteroatoms. The number of fused-ring (bicyclic) bond motifs is 1. The van der Waals surface area contributed by atoms with Gasteiger partial charge < -0.3 is 9.84 Å². The van der Waals surface area contributed by atoms with Gasteiger partial charge in [0.1, 0.15) is 6.54 Å². The summed E-state index contributed by atoms with van der Waals surface area (Å²) in [4.78, 5) is 29.3. The molecule has 0 fully saturated rings. The van der Waals surface area contributed by atoms with E-state index in [1.807, 2.05) is 13.8 Å². The second-order valence-corrected chi connectivity index (χ2v) is 7.30. The second-order valence-electron chi connectivity index (χ2n) is 6.86. The molecule has 0 saturated carbocycles. The van der Waals surface area contributed by atoms with Crippen LogP contribution in [0.3, 0.4) is 0 Å². The van der Waals surface area contributed by atoms with E-state index in [1.165, 1.54) is 4.40 Å². The maximum Gasteiger partial charge on any atom is 0.350 e. The van der Waals surface area contributed by atoms with Crippen molar-refractivity contribution in [3.8, 4) is 22.8 Å². The van der Waals surface area contributed by atoms with Crippen LogP contribution in [0.15, 0.2) is 51.9 Å². The van der Waals surface area contributed by atoms with Gasteiger partial charge in [-0.3, -0.25) is 4.79 Å². The van der Waals surface area contributed by atoms with Crippen LogP contribution in [0.5, 0.6) is 0 Å². The molecule has 154 valence electrons. The van der Waals surface area contributed by atoms with Crippen LogP contribution < -0.4 is 11.0 Å². The largest absolute Gasteiger partial charge is 0.352 e. The smallest absolute Gasteiger partial charge is 0.350 e. The summed E-state index contributed by atoms with van der Waals surface area (Å²) in [6.07, 6.45) is 2.37. The molecule has 1 atom stereocenters. The van der Waals surface area contributed by atoms with Gasteiger partial charge in [0.25, 0.3) is 5.89 Å². The maximum absolute atomic E-state index is 12.7. The molecule has 30 heavy (non-hydrogen) atoms. The lowest BCUT2D eigenvalue weighted by Crippen LogP contribution is -2.37. The molecule has 0 bridgehead atoms. The highest BCUT2D eigenvalue weighted by atomic mass is 35.5. The van der Waals surface area contributed by atoms with Gasteiger partial charge in [0.05, 0.1) is 5.56 Å². The average Bonchev–Trinajstić information content (AvgIpc) is 3.34. The quantitative estimate of drug-likeness (QED) is 0.508. The van der Waals surface area contributed by atoms with Crippen molar-refractivity contribution in [2.75, 3.05) is 0 Å². The van der Waals surface area contributed by atoms with Crippen molar-refractivity contribution in [1.82, 2.24) is 29.6 Å². The summed E-state index contributed by atoms with van der Waals surface area (Å²) in [6.45, 7) is 3.69. The van der Waals surface area contributed by atoms with Gasteiger partial charge >= 0.3 is 5.69 Å². The highest BCUT2D eigenvalue weighted by molar-refractivity contribution is 6.30. The predicted molar refractivity (Wildman–Crippen MR) is 111 cm³/mol. The van der Waals surface area contributed by atoms with Crippen LogP contribution in [0.2, 0.25) is 5.02 Å². The first-order valence-corrected chi connectivity index (χ1v) is 9.81. The van der Waals surface area contributed by atoms with E-state index in [0.29, 0.717) is 22.1 Å². The topological polar surface area (TPSA) is 107 Å². The Morgan fingerprint density at radius 2 is 2.03 bits per heavy atom. The van der Waals surface area contributed by atoms with Gasteiger partial charge in [0, 0.05) is 22.8 Å². The molecule has 0 aliphatic carbocycles. The number of carbonyl (C=O) groups excluding carboxylic acids is 1. The number of carbonyl (C=O) groups is 1. The fourth-order valence-corrected chi connectivity index (χ4v) is 3.04. The lowest BCUT2D eigenvalue weighted by molar-refractivity contribution is -0.122. The Bertz CT molecular complexity index is 1260. The molecule has 0 saturated heterocycles. The van der Waals surface area contributed by atoms with Gasteiger partial charge in [0.2, 0.25) is 11.7 Å². The number of hydrogen-bond donors (Lipinski definition) is 1. The maximum atomic E-state index is 12.7. The van der Waals surface area contributed by atoms with Crippen molar-refractivity contribution in [3.05, 3.63) is 58.1 Å². The SMILES string of the molecule is CCC(C)NC(=O)Cn1nc2c(-c3nc(-c4ccc(Cl)cc4)no3)cccn2c1=O. The zero-order valence-corrected chi connectivity index (χ0v) is 17.1. The Morgan fingerprint density at radius 1 is 1.27 bits per heavy atom. The summed E-state index contributed by atoms with van der Waals surface area (Å²) >= 11 is 5.92. The molecule has 0 aliphatic heterocycles. The van der Waals surface area contributed by atoms with Crippen LogP contribution in [0.1, 0.15) is 20.3 Å². The number of nitrogens with one attached hydrogen (secondary N) is 1. The average molecular weight is 427 g/mol. The van der Waals surface area contributed by atoms with Crippen LogP contribution in [-0.4, -0.2) is 36.3 Å². The van der Waals surface area contributed by atoms with E-state index < -0.39 is 5.69 Å². The highest BCUT2D eigenvalue weighted by Gasteiger charge is 2.18. The molecule has 3 aromatic heterocycles. The van der Waals surface area contributed by atoms with Crippen molar-refractivity contribution in [2.45, 2.75) is 32.9 Å². The molecule has 0 spiro atoms. The van der Waals surface area contributed by atoms with E-state index in [4.69, 9.17) is 16.1 Å². The number of hydrogen-bond acceptors (Lipinski definition) is 6. The minimum absolute atomic E-state index is 0.0190. The summed E-state index contributed by atoms with van der Waals surface area (Å²) in [5.41, 5.74) is 1.13. The Balaban J connectivity index is 1.68. The predicted octanol–water partition coefficient (Wildman–Crippen LogP) is 2.78. The first kappa shape index (κ1) is 19.8. The molecule has 4 aromatic rings. The van der Waals surface area contributed by atoms with E-state index in [-0.39, 0.29) is 24.4 Å². The van der Waals surface area contributed by atoms with Crippen molar-refractivity contribution in [2.24, 2.45) is 0 Å². The number of nitrogens with zero attached hydrogens (tertiary/aromatic N) is 5. The summed E-state index contributed by atoms with van der Waals surface area (Å²) < 4.78 is 7.87. The molecular formula is C20H19ClN6O3. The summed E-state index contributed by atoms with van der Waals surface area (Å²) in [7, 11) is 0. The lowest BCUT2D eigenvalue weighted by Gasteiger charge is -2.10. The van der Waals surface area contributed by atoms with Crippen LogP contribution in [0.4, 0.5) is 0 Å². The van der Waals surface area contributed by atoms with E-state index in [1.54, 1.807) is 42.6 Å². The molecule has 1 N–H and O–H groups in total. The first-order valence-electron chi connectivity index (χ1n) is 9.44. The number of halogens is 1. The minimum Gasteiger partial charge on any atom is -0.352 e. The third kappa shape index (κ3) is 3.84. The van der Waals surface area contributed by atoms with E-state index in [2.05, 4.69) is 20.6 Å². The molecule has 1 aromatic carbocycles. The normalized spacial score (nSPS) is 12.2. The Hall–Kier alpha value is -3.46. The molecule has 1 amide bonds. The lowest BCUT2D eigenvalue weighted by atomic mass is 10.2. The molecule has 1 unspecified atom stereocenters. The molecule has 0 aliphatic rings. The standard InChI is InChI=1S/C20H19ClN6O3/c1-3-12(2)22-16(28)11-27-20(29)26-10-4-5-15(18(26)24-27)19-23-17(25-30-19)13-6-8-14(21)9-7-13/h4-10,12H,3,11H2,1-2H3,(H,22,28). The van der Waals surface area contributed by atoms with Gasteiger partial charge in [-0.05, 0) is 49.7 Å². The molecule has 9 nitrogen and oxygen atoms in total. The zero-order valence-electron chi connectivity index (χ0n) is 16.4. The fourth-order valence-electron chi connectivity index (χ4n) is 2.92. The summed E-state index contributed by atoms with van der Waals surface area (Å²) in [6, 6.07) is 10.5. The van der Waals surface area contributed by atoms with Gasteiger partial charge in [-0.2, -0.15) is 4.98 Å². The van der Waals surface area contributed by atoms with Gasteiger partial charge in [0.15, 0.2) is 5.65 Å². The number of benzene rings is 1. The van der Waals surface area contributed by atoms with Crippen molar-refractivity contribution in [1.29, 1.82) is 0 Å². The van der Waals surface area contributed by atoms with Gasteiger partial charge in [-0.25, -0.2) is 13.9 Å². The Morgan fingerprint density at radius 3 is 2.77 bits per heavy atom. The van der Waals surface area contributed by atoms with E-state index in [9.17, 15) is 9.59 Å². The third-order valence-corrected chi connectivity index (χ3v) is 4.93. The van der Waals surface area contributed by atoms with Crippen LogP contribution >= 0.6 is 11.6 Å². The Kier molecular flexibility index (Phi) is 5.37.